The third-order valence-electron chi connectivity index (χ3n) is 6.69. The number of amides is 1. The Hall–Kier alpha value is -4.46. The summed E-state index contributed by atoms with van der Waals surface area (Å²) < 4.78 is 7.68. The van der Waals surface area contributed by atoms with Crippen molar-refractivity contribution in [2.24, 2.45) is 0 Å². The van der Waals surface area contributed by atoms with Crippen LogP contribution in [-0.2, 0) is 16.8 Å². The fourth-order valence-corrected chi connectivity index (χ4v) is 4.46. The van der Waals surface area contributed by atoms with Crippen LogP contribution in [-0.4, -0.2) is 26.1 Å². The van der Waals surface area contributed by atoms with Crippen molar-refractivity contribution in [2.45, 2.75) is 52.7 Å². The molecule has 8 heteroatoms. The van der Waals surface area contributed by atoms with Gasteiger partial charge in [0.1, 0.15) is 18.4 Å². The van der Waals surface area contributed by atoms with Gasteiger partial charge in [-0.15, -0.1) is 0 Å². The van der Waals surface area contributed by atoms with E-state index in [-0.39, 0.29) is 11.3 Å². The Morgan fingerprint density at radius 3 is 2.32 bits per heavy atom. The molecule has 1 unspecified atom stereocenters. The van der Waals surface area contributed by atoms with Crippen LogP contribution < -0.4 is 15.4 Å². The molecule has 0 bridgehead atoms. The van der Waals surface area contributed by atoms with Gasteiger partial charge >= 0.3 is 0 Å². The molecule has 0 radical (unpaired) electrons. The van der Waals surface area contributed by atoms with Crippen molar-refractivity contribution in [1.29, 1.82) is 0 Å². The third-order valence-corrected chi connectivity index (χ3v) is 6.69. The molecular formula is C30H32N6O2. The average Bonchev–Trinajstić information content (AvgIpc) is 3.36. The van der Waals surface area contributed by atoms with Crippen molar-refractivity contribution in [1.82, 2.24) is 20.2 Å². The van der Waals surface area contributed by atoms with Crippen LogP contribution in [0, 0.1) is 6.92 Å². The van der Waals surface area contributed by atoms with Gasteiger partial charge in [-0.2, -0.15) is 4.68 Å². The first-order chi connectivity index (χ1) is 18.2. The fourth-order valence-electron chi connectivity index (χ4n) is 4.46. The molecule has 1 aliphatic heterocycles. The minimum atomic E-state index is -0.495. The average molecular weight is 509 g/mol. The number of aryl methyl sites for hydroxylation is 1. The number of benzene rings is 3. The molecule has 0 saturated carbocycles. The number of allylic oxidation sites excluding steroid dienone is 1. The molecule has 8 nitrogen and oxygen atoms in total. The van der Waals surface area contributed by atoms with E-state index in [1.54, 1.807) is 4.68 Å². The molecule has 0 fully saturated rings. The van der Waals surface area contributed by atoms with Crippen molar-refractivity contribution < 1.29 is 9.53 Å². The van der Waals surface area contributed by atoms with E-state index in [4.69, 9.17) is 4.74 Å². The second-order valence-corrected chi connectivity index (χ2v) is 10.6. The van der Waals surface area contributed by atoms with Gasteiger partial charge in [0.25, 0.3) is 5.91 Å². The number of rotatable bonds is 6. The Kier molecular flexibility index (Phi) is 6.72. The van der Waals surface area contributed by atoms with Crippen molar-refractivity contribution >= 4 is 17.5 Å². The number of nitrogens with one attached hydrogen (secondary N) is 2. The normalized spacial score (nSPS) is 15.0. The number of carbonyl (C=O) groups is 1. The lowest BCUT2D eigenvalue weighted by Crippen LogP contribution is -2.31. The minimum Gasteiger partial charge on any atom is -0.489 e. The second kappa shape index (κ2) is 10.1. The molecule has 1 amide bonds. The lowest BCUT2D eigenvalue weighted by Gasteiger charge is -2.28. The summed E-state index contributed by atoms with van der Waals surface area (Å²) in [6.45, 7) is 10.9. The van der Waals surface area contributed by atoms with Crippen LogP contribution >= 0.6 is 0 Å². The molecule has 0 saturated heterocycles. The molecule has 3 aromatic carbocycles. The molecule has 2 N–H and O–H groups in total. The summed E-state index contributed by atoms with van der Waals surface area (Å²) in [4.78, 5) is 13.5. The maximum absolute atomic E-state index is 13.5. The van der Waals surface area contributed by atoms with E-state index < -0.39 is 6.04 Å². The quantitative estimate of drug-likeness (QED) is 0.343. The zero-order chi connectivity index (χ0) is 26.9. The second-order valence-electron chi connectivity index (χ2n) is 10.6. The smallest absolute Gasteiger partial charge is 0.255 e. The number of anilines is 2. The number of tetrazole rings is 1. The van der Waals surface area contributed by atoms with Gasteiger partial charge in [-0.25, -0.2) is 0 Å². The Labute approximate surface area is 222 Å². The van der Waals surface area contributed by atoms with Gasteiger partial charge in [0.05, 0.1) is 5.57 Å². The Balaban J connectivity index is 1.35. The molecule has 1 atom stereocenters. The van der Waals surface area contributed by atoms with Gasteiger partial charge in [0, 0.05) is 11.4 Å². The zero-order valence-corrected chi connectivity index (χ0v) is 22.3. The highest BCUT2D eigenvalue weighted by atomic mass is 16.5. The predicted molar refractivity (Wildman–Crippen MR) is 148 cm³/mol. The Bertz CT molecular complexity index is 1460. The van der Waals surface area contributed by atoms with Crippen molar-refractivity contribution in [3.8, 4) is 5.75 Å². The highest BCUT2D eigenvalue weighted by molar-refractivity contribution is 6.06. The molecule has 0 aliphatic carbocycles. The number of hydrogen-bond acceptors (Lipinski definition) is 6. The van der Waals surface area contributed by atoms with Gasteiger partial charge in [0.2, 0.25) is 5.95 Å². The van der Waals surface area contributed by atoms with Gasteiger partial charge in [-0.05, 0) is 70.6 Å². The van der Waals surface area contributed by atoms with Gasteiger partial charge in [-0.1, -0.05) is 80.0 Å². The maximum atomic E-state index is 13.5. The van der Waals surface area contributed by atoms with Crippen molar-refractivity contribution in [3.63, 3.8) is 0 Å². The largest absolute Gasteiger partial charge is 0.489 e. The summed E-state index contributed by atoms with van der Waals surface area (Å²) in [7, 11) is 0. The number of aromatic nitrogens is 4. The minimum absolute atomic E-state index is 0.117. The van der Waals surface area contributed by atoms with E-state index in [9.17, 15) is 4.79 Å². The summed E-state index contributed by atoms with van der Waals surface area (Å²) in [6.07, 6.45) is 0. The molecule has 4 aromatic rings. The highest BCUT2D eigenvalue weighted by Crippen LogP contribution is 2.35. The zero-order valence-electron chi connectivity index (χ0n) is 22.3. The number of carbonyl (C=O) groups excluding carboxylic acids is 1. The molecule has 194 valence electrons. The van der Waals surface area contributed by atoms with Crippen molar-refractivity contribution in [2.75, 3.05) is 10.6 Å². The van der Waals surface area contributed by atoms with E-state index in [0.717, 1.165) is 28.1 Å². The summed E-state index contributed by atoms with van der Waals surface area (Å²) in [5.41, 5.74) is 6.47. The van der Waals surface area contributed by atoms with Crippen molar-refractivity contribution in [3.05, 3.63) is 106 Å². The van der Waals surface area contributed by atoms with Crippen LogP contribution in [0.4, 0.5) is 11.6 Å². The fraction of sp³-hybridized carbons (Fsp3) is 0.267. The summed E-state index contributed by atoms with van der Waals surface area (Å²) in [6, 6.07) is 23.5. The number of hydrogen-bond donors (Lipinski definition) is 2. The van der Waals surface area contributed by atoms with Crippen LogP contribution in [0.3, 0.4) is 0 Å². The van der Waals surface area contributed by atoms with E-state index in [1.165, 1.54) is 5.56 Å². The first kappa shape index (κ1) is 25.2. The topological polar surface area (TPSA) is 94.0 Å². The molecule has 38 heavy (non-hydrogen) atoms. The predicted octanol–water partition coefficient (Wildman–Crippen LogP) is 5.79. The highest BCUT2D eigenvalue weighted by Gasteiger charge is 2.34. The van der Waals surface area contributed by atoms with Gasteiger partial charge < -0.3 is 15.4 Å². The standard InChI is InChI=1S/C30H32N6O2/c1-19-6-14-24(15-7-19)32-28(37)26-20(2)31-29-33-34-35-36(29)27(26)22-10-16-25(17-11-22)38-18-21-8-12-23(13-9-21)30(3,4)5/h6-17,27H,18H2,1-5H3,(H,32,37)(H,31,33,35). The van der Waals surface area contributed by atoms with Crippen LogP contribution in [0.5, 0.6) is 5.75 Å². The van der Waals surface area contributed by atoms with Crippen LogP contribution in [0.1, 0.15) is 56.0 Å². The summed E-state index contributed by atoms with van der Waals surface area (Å²) >= 11 is 0. The third kappa shape index (κ3) is 5.29. The van der Waals surface area contributed by atoms with Gasteiger partial charge in [-0.3, -0.25) is 4.79 Å². The Morgan fingerprint density at radius 2 is 1.66 bits per heavy atom. The molecule has 5 rings (SSSR count). The first-order valence-electron chi connectivity index (χ1n) is 12.6. The lowest BCUT2D eigenvalue weighted by atomic mass is 9.87. The molecule has 0 spiro atoms. The van der Waals surface area contributed by atoms with E-state index in [2.05, 4.69) is 71.2 Å². The molecule has 1 aromatic heterocycles. The number of nitrogens with zero attached hydrogens (tertiary/aromatic N) is 4. The van der Waals surface area contributed by atoms with E-state index in [0.29, 0.717) is 23.8 Å². The summed E-state index contributed by atoms with van der Waals surface area (Å²) in [5.74, 6) is 1.01. The number of fused-ring (bicyclic) bond motifs is 1. The summed E-state index contributed by atoms with van der Waals surface area (Å²) in [5, 5.41) is 18.2. The Morgan fingerprint density at radius 1 is 0.974 bits per heavy atom. The monoisotopic (exact) mass is 508 g/mol. The number of ether oxygens (including phenoxy) is 1. The lowest BCUT2D eigenvalue weighted by molar-refractivity contribution is -0.113. The molecular weight excluding hydrogens is 476 g/mol. The molecule has 1 aliphatic rings. The van der Waals surface area contributed by atoms with E-state index >= 15 is 0 Å². The van der Waals surface area contributed by atoms with Gasteiger partial charge in [0.15, 0.2) is 0 Å². The maximum Gasteiger partial charge on any atom is 0.255 e. The molecule has 2 heterocycles. The van der Waals surface area contributed by atoms with Crippen LogP contribution in [0.25, 0.3) is 0 Å². The van der Waals surface area contributed by atoms with E-state index in [1.807, 2.05) is 62.4 Å². The van der Waals surface area contributed by atoms with Crippen LogP contribution in [0.15, 0.2) is 84.1 Å². The first-order valence-corrected chi connectivity index (χ1v) is 12.6. The SMILES string of the molecule is CC1=C(C(=O)Nc2ccc(C)cc2)C(c2ccc(OCc3ccc(C(C)(C)C)cc3)cc2)n2nnnc2N1. The van der Waals surface area contributed by atoms with Crippen LogP contribution in [0.2, 0.25) is 0 Å².